The van der Waals surface area contributed by atoms with E-state index >= 15 is 0 Å². The number of hydrogen-bond acceptors (Lipinski definition) is 4. The number of benzene rings is 2. The van der Waals surface area contributed by atoms with Gasteiger partial charge < -0.3 is 10.4 Å². The first-order chi connectivity index (χ1) is 12.6. The Morgan fingerprint density at radius 2 is 2.12 bits per heavy atom. The molecule has 7 heteroatoms. The lowest BCUT2D eigenvalue weighted by atomic mass is 10.1. The Morgan fingerprint density at radius 1 is 1.27 bits per heavy atom. The monoisotopic (exact) mass is 385 g/mol. The predicted octanol–water partition coefficient (Wildman–Crippen LogP) is 4.07. The van der Waals surface area contributed by atoms with E-state index in [0.717, 1.165) is 16.7 Å². The molecule has 26 heavy (non-hydrogen) atoms. The van der Waals surface area contributed by atoms with E-state index in [4.69, 9.17) is 11.6 Å². The lowest BCUT2D eigenvalue weighted by molar-refractivity contribution is -0.113. The molecule has 0 spiro atoms. The highest BCUT2D eigenvalue weighted by Crippen LogP contribution is 2.42. The van der Waals surface area contributed by atoms with Crippen molar-refractivity contribution in [2.45, 2.75) is 11.8 Å². The Hall–Kier alpha value is -2.44. The van der Waals surface area contributed by atoms with Gasteiger partial charge >= 0.3 is 0 Å². The number of phenolic OH excluding ortho intramolecular Hbond substituents is 1. The fraction of sp³-hybridized carbons (Fsp3) is 0.158. The number of aromatic hydroxyl groups is 1. The van der Waals surface area contributed by atoms with E-state index in [1.807, 2.05) is 30.3 Å². The van der Waals surface area contributed by atoms with Crippen LogP contribution >= 0.6 is 23.4 Å². The Labute approximate surface area is 160 Å². The molecular formula is C19H16ClN3O2S. The molecule has 2 aromatic carbocycles. The molecule has 5 nitrogen and oxygen atoms in total. The molecule has 1 amide bonds. The number of rotatable bonds is 3. The first kappa shape index (κ1) is 17.0. The number of nitrogens with one attached hydrogen (secondary N) is 1. The number of hydrogen-bond donors (Lipinski definition) is 2. The van der Waals surface area contributed by atoms with Crippen molar-refractivity contribution in [1.29, 1.82) is 0 Å². The Balaban J connectivity index is 1.75. The average molecular weight is 386 g/mol. The van der Waals surface area contributed by atoms with Gasteiger partial charge in [0.15, 0.2) is 0 Å². The van der Waals surface area contributed by atoms with Crippen LogP contribution in [0.1, 0.15) is 21.9 Å². The highest BCUT2D eigenvalue weighted by Gasteiger charge is 2.28. The Bertz CT molecular complexity index is 973. The average Bonchev–Trinajstić information content (AvgIpc) is 2.91. The number of thioether (sulfide) groups is 1. The van der Waals surface area contributed by atoms with Crippen LogP contribution in [0.15, 0.2) is 54.7 Å². The van der Waals surface area contributed by atoms with Gasteiger partial charge in [0.25, 0.3) is 0 Å². The standard InChI is InChI=1S/C19H16ClN3O2S/c20-16-7-2-1-4-13(16)10-23-19-15(9-21-23)18(26-11-17(25)22-19)12-5-3-6-14(24)8-12/h1-9,18,24H,10-11H2,(H,22,25). The summed E-state index contributed by atoms with van der Waals surface area (Å²) in [6, 6.07) is 14.7. The van der Waals surface area contributed by atoms with Gasteiger partial charge in [-0.25, -0.2) is 4.68 Å². The molecule has 0 bridgehead atoms. The first-order valence-electron chi connectivity index (χ1n) is 8.11. The summed E-state index contributed by atoms with van der Waals surface area (Å²) in [6.07, 6.45) is 1.78. The van der Waals surface area contributed by atoms with Crippen LogP contribution in [0.4, 0.5) is 5.82 Å². The minimum atomic E-state index is -0.0870. The number of nitrogens with zero attached hydrogens (tertiary/aromatic N) is 2. The van der Waals surface area contributed by atoms with Crippen molar-refractivity contribution in [2.24, 2.45) is 0 Å². The van der Waals surface area contributed by atoms with Gasteiger partial charge in [-0.05, 0) is 29.3 Å². The summed E-state index contributed by atoms with van der Waals surface area (Å²) in [5.74, 6) is 1.14. The third kappa shape index (κ3) is 3.30. The van der Waals surface area contributed by atoms with Crippen molar-refractivity contribution < 1.29 is 9.90 Å². The zero-order valence-electron chi connectivity index (χ0n) is 13.7. The molecule has 0 fully saturated rings. The summed E-state index contributed by atoms with van der Waals surface area (Å²) in [5.41, 5.74) is 2.78. The number of aromatic nitrogens is 2. The highest BCUT2D eigenvalue weighted by molar-refractivity contribution is 8.00. The molecule has 1 unspecified atom stereocenters. The maximum absolute atomic E-state index is 12.2. The van der Waals surface area contributed by atoms with Gasteiger partial charge in [-0.15, -0.1) is 11.8 Å². The third-order valence-corrected chi connectivity index (χ3v) is 5.90. The van der Waals surface area contributed by atoms with Gasteiger partial charge in [0.2, 0.25) is 5.91 Å². The summed E-state index contributed by atoms with van der Waals surface area (Å²) in [7, 11) is 0. The van der Waals surface area contributed by atoms with Crippen molar-refractivity contribution in [3.63, 3.8) is 0 Å². The molecule has 1 atom stereocenters. The second-order valence-corrected chi connectivity index (χ2v) is 7.53. The summed E-state index contributed by atoms with van der Waals surface area (Å²) in [6.45, 7) is 0.465. The van der Waals surface area contributed by atoms with E-state index in [2.05, 4.69) is 10.4 Å². The van der Waals surface area contributed by atoms with Gasteiger partial charge in [0.1, 0.15) is 11.6 Å². The molecule has 3 aromatic rings. The van der Waals surface area contributed by atoms with Crippen LogP contribution in [-0.4, -0.2) is 26.5 Å². The summed E-state index contributed by atoms with van der Waals surface area (Å²) >= 11 is 7.78. The zero-order chi connectivity index (χ0) is 18.1. The van der Waals surface area contributed by atoms with E-state index in [-0.39, 0.29) is 16.9 Å². The van der Waals surface area contributed by atoms with Crippen molar-refractivity contribution in [3.05, 3.63) is 76.4 Å². The molecule has 0 saturated carbocycles. The van der Waals surface area contributed by atoms with Gasteiger partial charge in [-0.1, -0.05) is 41.9 Å². The molecule has 132 valence electrons. The summed E-state index contributed by atoms with van der Waals surface area (Å²) in [4.78, 5) is 12.2. The van der Waals surface area contributed by atoms with Crippen LogP contribution in [0, 0.1) is 0 Å². The topological polar surface area (TPSA) is 67.1 Å². The largest absolute Gasteiger partial charge is 0.508 e. The number of carbonyl (C=O) groups excluding carboxylic acids is 1. The van der Waals surface area contributed by atoms with E-state index in [0.29, 0.717) is 23.1 Å². The number of halogens is 1. The molecule has 4 rings (SSSR count). The highest BCUT2D eigenvalue weighted by atomic mass is 35.5. The molecule has 1 aliphatic rings. The van der Waals surface area contributed by atoms with Gasteiger partial charge in [0, 0.05) is 10.6 Å². The maximum Gasteiger partial charge on any atom is 0.235 e. The number of phenols is 1. The Morgan fingerprint density at radius 3 is 2.92 bits per heavy atom. The number of carbonyl (C=O) groups is 1. The van der Waals surface area contributed by atoms with Crippen molar-refractivity contribution in [1.82, 2.24) is 9.78 Å². The molecule has 1 aliphatic heterocycles. The Kier molecular flexibility index (Phi) is 4.61. The molecule has 2 N–H and O–H groups in total. The molecule has 0 radical (unpaired) electrons. The third-order valence-electron chi connectivity index (χ3n) is 4.24. The maximum atomic E-state index is 12.2. The van der Waals surface area contributed by atoms with E-state index in [1.54, 1.807) is 29.1 Å². The minimum Gasteiger partial charge on any atom is -0.508 e. The lowest BCUT2D eigenvalue weighted by Crippen LogP contribution is -2.17. The first-order valence-corrected chi connectivity index (χ1v) is 9.54. The van der Waals surface area contributed by atoms with Crippen LogP contribution in [0.3, 0.4) is 0 Å². The second kappa shape index (κ2) is 7.05. The quantitative estimate of drug-likeness (QED) is 0.713. The molecule has 0 aliphatic carbocycles. The zero-order valence-corrected chi connectivity index (χ0v) is 15.3. The van der Waals surface area contributed by atoms with Gasteiger partial charge in [-0.3, -0.25) is 4.79 Å². The van der Waals surface area contributed by atoms with Gasteiger partial charge in [0.05, 0.1) is 23.7 Å². The van der Waals surface area contributed by atoms with Crippen molar-refractivity contribution >= 4 is 35.1 Å². The van der Waals surface area contributed by atoms with Crippen LogP contribution in [0.5, 0.6) is 5.75 Å². The molecule has 1 aromatic heterocycles. The van der Waals surface area contributed by atoms with E-state index in [1.165, 1.54) is 11.8 Å². The predicted molar refractivity (Wildman–Crippen MR) is 104 cm³/mol. The lowest BCUT2D eigenvalue weighted by Gasteiger charge is -2.14. The normalized spacial score (nSPS) is 16.7. The number of amides is 1. The SMILES string of the molecule is O=C1CSC(c2cccc(O)c2)c2cnn(Cc3ccccc3Cl)c2N1. The second-order valence-electron chi connectivity index (χ2n) is 6.03. The summed E-state index contributed by atoms with van der Waals surface area (Å²) < 4.78 is 1.76. The van der Waals surface area contributed by atoms with E-state index < -0.39 is 0 Å². The smallest absolute Gasteiger partial charge is 0.235 e. The van der Waals surface area contributed by atoms with Crippen LogP contribution in [0.25, 0.3) is 0 Å². The number of fused-ring (bicyclic) bond motifs is 1. The van der Waals surface area contributed by atoms with E-state index in [9.17, 15) is 9.90 Å². The fourth-order valence-electron chi connectivity index (χ4n) is 3.02. The minimum absolute atomic E-state index is 0.0696. The molecular weight excluding hydrogens is 370 g/mol. The molecule has 0 saturated heterocycles. The van der Waals surface area contributed by atoms with Gasteiger partial charge in [-0.2, -0.15) is 5.10 Å². The number of anilines is 1. The van der Waals surface area contributed by atoms with Crippen molar-refractivity contribution in [3.8, 4) is 5.75 Å². The van der Waals surface area contributed by atoms with Crippen LogP contribution in [0.2, 0.25) is 5.02 Å². The molecule has 2 heterocycles. The fourth-order valence-corrected chi connectivity index (χ4v) is 4.29. The summed E-state index contributed by atoms with van der Waals surface area (Å²) in [5, 5.41) is 17.8. The van der Waals surface area contributed by atoms with Crippen LogP contribution in [-0.2, 0) is 11.3 Å². The van der Waals surface area contributed by atoms with Crippen LogP contribution < -0.4 is 5.32 Å². The van der Waals surface area contributed by atoms with Crippen molar-refractivity contribution in [2.75, 3.05) is 11.1 Å².